The Morgan fingerprint density at radius 1 is 1.36 bits per heavy atom. The molecule has 0 spiro atoms. The van der Waals surface area contributed by atoms with Gasteiger partial charge < -0.3 is 5.11 Å². The largest absolute Gasteiger partial charge is 0.478 e. The van der Waals surface area contributed by atoms with Crippen LogP contribution in [0.25, 0.3) is 11.1 Å². The van der Waals surface area contributed by atoms with E-state index in [-0.39, 0.29) is 11.3 Å². The van der Waals surface area contributed by atoms with Crippen molar-refractivity contribution in [2.45, 2.75) is 12.1 Å². The molecule has 0 amide bonds. The highest BCUT2D eigenvalue weighted by Crippen LogP contribution is 2.28. The van der Waals surface area contributed by atoms with Gasteiger partial charge in [0, 0.05) is 22.9 Å². The van der Waals surface area contributed by atoms with E-state index in [0.717, 1.165) is 0 Å². The zero-order valence-electron chi connectivity index (χ0n) is 12.0. The molecule has 1 N–H and O–H groups in total. The number of carbonyl (C=O) groups is 2. The summed E-state index contributed by atoms with van der Waals surface area (Å²) in [6.45, 7) is 1.62. The average Bonchev–Trinajstić information content (AvgIpc) is 2.54. The molecule has 0 fully saturated rings. The fraction of sp³-hybridized carbons (Fsp3) is 0.125. The molecule has 0 atom stereocenters. The number of carboxylic acids is 1. The molecule has 1 heterocycles. The SMILES string of the molecule is CC#Cc1c(C(=O)O)cccc1-c1cnc(SC)nc1C=O. The molecule has 0 aliphatic heterocycles. The molecule has 0 unspecified atom stereocenters. The molecule has 1 aromatic heterocycles. The van der Waals surface area contributed by atoms with Crippen molar-refractivity contribution in [3.8, 4) is 23.0 Å². The van der Waals surface area contributed by atoms with Crippen LogP contribution in [0.15, 0.2) is 29.6 Å². The van der Waals surface area contributed by atoms with Crippen molar-refractivity contribution in [3.05, 3.63) is 41.2 Å². The van der Waals surface area contributed by atoms with E-state index < -0.39 is 5.97 Å². The van der Waals surface area contributed by atoms with Gasteiger partial charge in [0.15, 0.2) is 11.4 Å². The quantitative estimate of drug-likeness (QED) is 0.405. The number of hydrogen-bond donors (Lipinski definition) is 1. The second-order valence-electron chi connectivity index (χ2n) is 4.18. The zero-order valence-corrected chi connectivity index (χ0v) is 12.8. The van der Waals surface area contributed by atoms with Crippen LogP contribution in [0.1, 0.15) is 33.3 Å². The molecule has 0 aliphatic carbocycles. The number of carboxylic acid groups (broad SMARTS) is 1. The number of aldehydes is 1. The minimum atomic E-state index is -1.08. The van der Waals surface area contributed by atoms with E-state index >= 15 is 0 Å². The molecule has 0 radical (unpaired) electrons. The first kappa shape index (κ1) is 15.7. The monoisotopic (exact) mass is 312 g/mol. The predicted molar refractivity (Wildman–Crippen MR) is 84.1 cm³/mol. The van der Waals surface area contributed by atoms with Crippen LogP contribution in [-0.2, 0) is 0 Å². The summed E-state index contributed by atoms with van der Waals surface area (Å²) in [5.41, 5.74) is 1.64. The molecule has 5 nitrogen and oxygen atoms in total. The molecular weight excluding hydrogens is 300 g/mol. The first-order chi connectivity index (χ1) is 10.6. The molecular formula is C16H12N2O3S. The molecule has 2 aromatic rings. The van der Waals surface area contributed by atoms with Gasteiger partial charge in [0.05, 0.1) is 5.56 Å². The third-order valence-electron chi connectivity index (χ3n) is 2.93. The van der Waals surface area contributed by atoms with Gasteiger partial charge in [-0.2, -0.15) is 0 Å². The van der Waals surface area contributed by atoms with Crippen molar-refractivity contribution in [2.75, 3.05) is 6.26 Å². The zero-order chi connectivity index (χ0) is 16.1. The molecule has 6 heteroatoms. The van der Waals surface area contributed by atoms with Crippen LogP contribution in [0.5, 0.6) is 0 Å². The maximum atomic E-state index is 11.4. The maximum Gasteiger partial charge on any atom is 0.336 e. The Hall–Kier alpha value is -2.65. The van der Waals surface area contributed by atoms with E-state index in [2.05, 4.69) is 21.8 Å². The Balaban J connectivity index is 2.76. The number of nitrogens with zero attached hydrogens (tertiary/aromatic N) is 2. The van der Waals surface area contributed by atoms with Gasteiger partial charge in [-0.15, -0.1) is 5.92 Å². The van der Waals surface area contributed by atoms with Crippen molar-refractivity contribution < 1.29 is 14.7 Å². The van der Waals surface area contributed by atoms with Crippen LogP contribution < -0.4 is 0 Å². The third kappa shape index (κ3) is 3.00. The summed E-state index contributed by atoms with van der Waals surface area (Å²) in [6.07, 6.45) is 3.96. The molecule has 0 saturated carbocycles. The smallest absolute Gasteiger partial charge is 0.336 e. The summed E-state index contributed by atoms with van der Waals surface area (Å²) in [7, 11) is 0. The lowest BCUT2D eigenvalue weighted by Gasteiger charge is -2.10. The number of rotatable bonds is 4. The van der Waals surface area contributed by atoms with E-state index in [0.29, 0.717) is 28.1 Å². The summed E-state index contributed by atoms with van der Waals surface area (Å²) in [5.74, 6) is 4.42. The van der Waals surface area contributed by atoms with Crippen LogP contribution in [0.3, 0.4) is 0 Å². The van der Waals surface area contributed by atoms with Gasteiger partial charge in [0.2, 0.25) is 0 Å². The lowest BCUT2D eigenvalue weighted by atomic mass is 9.95. The Morgan fingerprint density at radius 2 is 2.14 bits per heavy atom. The van der Waals surface area contributed by atoms with Gasteiger partial charge in [0.25, 0.3) is 0 Å². The topological polar surface area (TPSA) is 80.2 Å². The number of hydrogen-bond acceptors (Lipinski definition) is 5. The number of carbonyl (C=O) groups excluding carboxylic acids is 1. The van der Waals surface area contributed by atoms with Crippen molar-refractivity contribution >= 4 is 24.0 Å². The van der Waals surface area contributed by atoms with Crippen molar-refractivity contribution in [2.24, 2.45) is 0 Å². The first-order valence-electron chi connectivity index (χ1n) is 6.28. The van der Waals surface area contributed by atoms with Crippen molar-refractivity contribution in [1.82, 2.24) is 9.97 Å². The van der Waals surface area contributed by atoms with E-state index in [4.69, 9.17) is 0 Å². The van der Waals surface area contributed by atoms with Crippen LogP contribution in [0, 0.1) is 11.8 Å². The fourth-order valence-corrected chi connectivity index (χ4v) is 2.34. The summed E-state index contributed by atoms with van der Waals surface area (Å²) in [6, 6.07) is 4.79. The summed E-state index contributed by atoms with van der Waals surface area (Å²) in [4.78, 5) is 31.0. The van der Waals surface area contributed by atoms with Crippen LogP contribution >= 0.6 is 11.8 Å². The van der Waals surface area contributed by atoms with Gasteiger partial charge in [-0.1, -0.05) is 29.8 Å². The Morgan fingerprint density at radius 3 is 2.73 bits per heavy atom. The Kier molecular flexibility index (Phi) is 4.92. The van der Waals surface area contributed by atoms with Gasteiger partial charge in [-0.3, -0.25) is 4.79 Å². The van der Waals surface area contributed by atoms with Crippen LogP contribution in [0.4, 0.5) is 0 Å². The van der Waals surface area contributed by atoms with E-state index in [9.17, 15) is 14.7 Å². The second kappa shape index (κ2) is 6.87. The van der Waals surface area contributed by atoms with Crippen molar-refractivity contribution in [3.63, 3.8) is 0 Å². The molecule has 2 rings (SSSR count). The van der Waals surface area contributed by atoms with Gasteiger partial charge in [-0.25, -0.2) is 14.8 Å². The highest BCUT2D eigenvalue weighted by atomic mass is 32.2. The fourth-order valence-electron chi connectivity index (χ4n) is 1.99. The lowest BCUT2D eigenvalue weighted by Crippen LogP contribution is -2.04. The molecule has 22 heavy (non-hydrogen) atoms. The molecule has 110 valence electrons. The van der Waals surface area contributed by atoms with Crippen LogP contribution in [0.2, 0.25) is 0 Å². The highest BCUT2D eigenvalue weighted by molar-refractivity contribution is 7.98. The first-order valence-corrected chi connectivity index (χ1v) is 7.50. The molecule has 0 saturated heterocycles. The minimum Gasteiger partial charge on any atom is -0.478 e. The van der Waals surface area contributed by atoms with Gasteiger partial charge >= 0.3 is 5.97 Å². The molecule has 1 aromatic carbocycles. The predicted octanol–water partition coefficient (Wildman–Crippen LogP) is 2.75. The van der Waals surface area contributed by atoms with Gasteiger partial charge in [-0.05, 0) is 19.2 Å². The van der Waals surface area contributed by atoms with Crippen molar-refractivity contribution in [1.29, 1.82) is 0 Å². The number of benzene rings is 1. The standard InChI is InChI=1S/C16H12N2O3S/c1-3-5-10-11(6-4-7-12(10)15(20)21)13-8-17-16(22-2)18-14(13)9-19/h4,6-9H,1-2H3,(H,20,21). The van der Waals surface area contributed by atoms with E-state index in [1.807, 2.05) is 6.26 Å². The summed E-state index contributed by atoms with van der Waals surface area (Å²) < 4.78 is 0. The molecule has 0 aliphatic rings. The van der Waals surface area contributed by atoms with Gasteiger partial charge in [0.1, 0.15) is 5.69 Å². The normalized spacial score (nSPS) is 9.73. The average molecular weight is 312 g/mol. The second-order valence-corrected chi connectivity index (χ2v) is 4.96. The minimum absolute atomic E-state index is 0.0812. The Labute approximate surface area is 131 Å². The van der Waals surface area contributed by atoms with E-state index in [1.54, 1.807) is 19.1 Å². The number of aromatic nitrogens is 2. The Bertz CT molecular complexity index is 807. The van der Waals surface area contributed by atoms with Crippen LogP contribution in [-0.4, -0.2) is 33.6 Å². The summed E-state index contributed by atoms with van der Waals surface area (Å²) >= 11 is 1.32. The number of aromatic carboxylic acids is 1. The number of thioether (sulfide) groups is 1. The third-order valence-corrected chi connectivity index (χ3v) is 3.49. The molecule has 0 bridgehead atoms. The maximum absolute atomic E-state index is 11.4. The van der Waals surface area contributed by atoms with E-state index in [1.165, 1.54) is 24.0 Å². The lowest BCUT2D eigenvalue weighted by molar-refractivity contribution is 0.0696. The summed E-state index contributed by atoms with van der Waals surface area (Å²) in [5, 5.41) is 9.78. The highest BCUT2D eigenvalue weighted by Gasteiger charge is 2.17.